The Kier molecular flexibility index (Phi) is 15.3. The van der Waals surface area contributed by atoms with Crippen molar-refractivity contribution in [3.63, 3.8) is 0 Å². The molecule has 11 nitrogen and oxygen atoms in total. The Balaban J connectivity index is 2.04. The molecule has 0 aliphatic carbocycles. The predicted octanol–water partition coefficient (Wildman–Crippen LogP) is 6.67. The fourth-order valence-corrected chi connectivity index (χ4v) is 7.03. The molecule has 0 fully saturated rings. The van der Waals surface area contributed by atoms with Crippen LogP contribution in [0.3, 0.4) is 0 Å². The van der Waals surface area contributed by atoms with Crippen molar-refractivity contribution < 1.29 is 38.2 Å². The van der Waals surface area contributed by atoms with Crippen molar-refractivity contribution in [3.05, 3.63) is 108 Å². The number of amides is 3. The van der Waals surface area contributed by atoms with Crippen LogP contribution in [0, 0.1) is 0 Å². The van der Waals surface area contributed by atoms with Crippen LogP contribution in [0.5, 0.6) is 0 Å². The van der Waals surface area contributed by atoms with Crippen LogP contribution in [0.4, 0.5) is 4.79 Å². The number of hydrogen-bond acceptors (Lipinski definition) is 9. The molecule has 0 radical (unpaired) electrons. The Morgan fingerprint density at radius 3 is 1.41 bits per heavy atom. The minimum atomic E-state index is -1.28. The zero-order chi connectivity index (χ0) is 40.2. The largest absolute Gasteiger partial charge is 0.460 e. The summed E-state index contributed by atoms with van der Waals surface area (Å²) in [5.74, 6) is -2.56. The molecule has 0 aliphatic heterocycles. The summed E-state index contributed by atoms with van der Waals surface area (Å²) in [6.07, 6.45) is -1.21. The van der Waals surface area contributed by atoms with Gasteiger partial charge in [0.05, 0.1) is 4.75 Å². The van der Waals surface area contributed by atoms with Crippen molar-refractivity contribution >= 4 is 41.6 Å². The fraction of sp³-hybridized carbons (Fsp3) is 0.452. The Bertz CT molecular complexity index is 1600. The molecule has 3 rings (SSSR count). The summed E-state index contributed by atoms with van der Waals surface area (Å²) in [5, 5.41) is 8.00. The molecule has 0 aromatic heterocycles. The Morgan fingerprint density at radius 2 is 0.981 bits per heavy atom. The summed E-state index contributed by atoms with van der Waals surface area (Å²) >= 11 is 1.43. The Morgan fingerprint density at radius 1 is 0.556 bits per heavy atom. The first-order valence-corrected chi connectivity index (χ1v) is 19.0. The summed E-state index contributed by atoms with van der Waals surface area (Å²) < 4.78 is 15.4. The second-order valence-electron chi connectivity index (χ2n) is 15.8. The van der Waals surface area contributed by atoms with E-state index in [1.165, 1.54) is 11.8 Å². The monoisotopic (exact) mass is 761 g/mol. The van der Waals surface area contributed by atoms with Gasteiger partial charge in [0, 0.05) is 12.2 Å². The van der Waals surface area contributed by atoms with Gasteiger partial charge < -0.3 is 30.2 Å². The lowest BCUT2D eigenvalue weighted by Gasteiger charge is -2.36. The highest BCUT2D eigenvalue weighted by Crippen LogP contribution is 2.48. The predicted molar refractivity (Wildman–Crippen MR) is 211 cm³/mol. The van der Waals surface area contributed by atoms with E-state index in [1.54, 1.807) is 62.3 Å². The first-order chi connectivity index (χ1) is 25.2. The molecule has 54 heavy (non-hydrogen) atoms. The van der Waals surface area contributed by atoms with Crippen LogP contribution in [0.2, 0.25) is 0 Å². The van der Waals surface area contributed by atoms with Gasteiger partial charge in [-0.2, -0.15) is 0 Å². The van der Waals surface area contributed by atoms with Crippen LogP contribution in [-0.2, 0) is 38.1 Å². The Labute approximate surface area is 323 Å². The highest BCUT2D eigenvalue weighted by molar-refractivity contribution is 8.00. The first kappa shape index (κ1) is 43.6. The van der Waals surface area contributed by atoms with Crippen LogP contribution in [-0.4, -0.2) is 71.0 Å². The minimum absolute atomic E-state index is 0.0236. The number of alkyl carbamates (subject to hydrolysis) is 1. The van der Waals surface area contributed by atoms with Gasteiger partial charge in [0.1, 0.15) is 35.4 Å². The second-order valence-corrected chi connectivity index (χ2v) is 17.0. The van der Waals surface area contributed by atoms with E-state index in [9.17, 15) is 24.0 Å². The fourth-order valence-electron chi connectivity index (χ4n) is 5.47. The van der Waals surface area contributed by atoms with Crippen LogP contribution in [0.1, 0.15) is 91.8 Å². The molecule has 292 valence electrons. The molecular weight excluding hydrogens is 707 g/mol. The molecule has 0 spiro atoms. The summed E-state index contributed by atoms with van der Waals surface area (Å²) in [7, 11) is 0. The topological polar surface area (TPSA) is 149 Å². The third-order valence-corrected chi connectivity index (χ3v) is 9.17. The number of hydrogen-bond donors (Lipinski definition) is 3. The normalized spacial score (nSPS) is 13.1. The van der Waals surface area contributed by atoms with Gasteiger partial charge in [-0.1, -0.05) is 91.0 Å². The third kappa shape index (κ3) is 14.2. The number of esters is 2. The van der Waals surface area contributed by atoms with Crippen molar-refractivity contribution in [1.29, 1.82) is 0 Å². The first-order valence-electron chi connectivity index (χ1n) is 18.0. The summed E-state index contributed by atoms with van der Waals surface area (Å²) in [5.41, 5.74) is 0.410. The van der Waals surface area contributed by atoms with Crippen LogP contribution in [0.15, 0.2) is 91.0 Å². The van der Waals surface area contributed by atoms with Gasteiger partial charge in [0.2, 0.25) is 11.8 Å². The van der Waals surface area contributed by atoms with E-state index in [-0.39, 0.29) is 18.6 Å². The van der Waals surface area contributed by atoms with Gasteiger partial charge in [-0.15, -0.1) is 11.8 Å². The number of nitrogens with one attached hydrogen (secondary N) is 3. The highest BCUT2D eigenvalue weighted by atomic mass is 32.2. The molecule has 0 bridgehead atoms. The van der Waals surface area contributed by atoms with E-state index in [4.69, 9.17) is 14.2 Å². The van der Waals surface area contributed by atoms with Gasteiger partial charge in [0.25, 0.3) is 0 Å². The van der Waals surface area contributed by atoms with Gasteiger partial charge in [-0.05, 0) is 85.4 Å². The minimum Gasteiger partial charge on any atom is -0.460 e. The van der Waals surface area contributed by atoms with E-state index >= 15 is 0 Å². The summed E-state index contributed by atoms with van der Waals surface area (Å²) in [6, 6.07) is 27.0. The van der Waals surface area contributed by atoms with Crippen molar-refractivity contribution in [3.8, 4) is 0 Å². The summed E-state index contributed by atoms with van der Waals surface area (Å²) in [4.78, 5) is 66.3. The second kappa shape index (κ2) is 19.0. The molecule has 2 atom stereocenters. The number of carbonyl (C=O) groups excluding carboxylic acids is 5. The molecule has 0 aliphatic rings. The van der Waals surface area contributed by atoms with E-state index < -0.39 is 70.0 Å². The van der Waals surface area contributed by atoms with Gasteiger partial charge in [-0.25, -0.2) is 4.79 Å². The molecule has 0 saturated heterocycles. The number of rotatable bonds is 15. The summed E-state index contributed by atoms with van der Waals surface area (Å²) in [6.45, 7) is 15.0. The maximum absolute atomic E-state index is 14.1. The third-order valence-electron chi connectivity index (χ3n) is 7.53. The lowest BCUT2D eigenvalue weighted by atomic mass is 9.84. The molecule has 3 amide bonds. The van der Waals surface area contributed by atoms with Crippen LogP contribution < -0.4 is 16.0 Å². The van der Waals surface area contributed by atoms with Gasteiger partial charge >= 0.3 is 18.0 Å². The molecule has 3 N–H and O–H groups in total. The average molecular weight is 762 g/mol. The average Bonchev–Trinajstić information content (AvgIpc) is 3.07. The molecule has 0 saturated carbocycles. The number of carbonyl (C=O) groups is 5. The maximum Gasteiger partial charge on any atom is 0.408 e. The lowest BCUT2D eigenvalue weighted by Crippen LogP contribution is -2.56. The molecule has 3 aromatic carbocycles. The quantitative estimate of drug-likeness (QED) is 0.0878. The molecular formula is C42H55N3O8S. The van der Waals surface area contributed by atoms with Crippen molar-refractivity contribution in [2.75, 3.05) is 12.3 Å². The lowest BCUT2D eigenvalue weighted by molar-refractivity contribution is -0.155. The maximum atomic E-state index is 14.1. The molecule has 12 heteroatoms. The number of ether oxygens (including phenoxy) is 3. The van der Waals surface area contributed by atoms with E-state index in [0.29, 0.717) is 0 Å². The van der Waals surface area contributed by atoms with Crippen LogP contribution >= 0.6 is 11.8 Å². The van der Waals surface area contributed by atoms with E-state index in [0.717, 1.165) is 16.7 Å². The molecule has 0 heterocycles. The SMILES string of the molecule is CC(C)(C)OC(=O)CC[C@H](NC(=O)OC(C)(C)C)C(=O)N[C@@H](CSC(c1ccccc1)(c1ccccc1)c1ccccc1)C(=O)NCC(=O)OC(C)(C)C. The van der Waals surface area contributed by atoms with Gasteiger partial charge in [-0.3, -0.25) is 19.2 Å². The van der Waals surface area contributed by atoms with Crippen molar-refractivity contribution in [2.24, 2.45) is 0 Å². The zero-order valence-electron chi connectivity index (χ0n) is 32.8. The van der Waals surface area contributed by atoms with Crippen molar-refractivity contribution in [2.45, 2.75) is 109 Å². The highest BCUT2D eigenvalue weighted by Gasteiger charge is 2.39. The standard InChI is InChI=1S/C42H55N3O8S/c1-39(2,3)51-34(46)26-25-32(45-38(50)53-41(7,8)9)37(49)44-33(36(48)43-27-35(47)52-40(4,5)6)28-54-42(29-19-13-10-14-20-29,30-21-15-11-16-22-30)31-23-17-12-18-24-31/h10-24,32-33H,25-28H2,1-9H3,(H,43,48)(H,44,49)(H,45,50)/t32-,33-/m0/s1. The molecule has 3 aromatic rings. The smallest absolute Gasteiger partial charge is 0.408 e. The van der Waals surface area contributed by atoms with E-state index in [2.05, 4.69) is 16.0 Å². The number of thioether (sulfide) groups is 1. The number of benzene rings is 3. The van der Waals surface area contributed by atoms with Crippen LogP contribution in [0.25, 0.3) is 0 Å². The zero-order valence-corrected chi connectivity index (χ0v) is 33.6. The Hall–Kier alpha value is -4.84. The molecule has 0 unspecified atom stereocenters. The van der Waals surface area contributed by atoms with Crippen molar-refractivity contribution in [1.82, 2.24) is 16.0 Å². The van der Waals surface area contributed by atoms with E-state index in [1.807, 2.05) is 91.0 Å². The van der Waals surface area contributed by atoms with Gasteiger partial charge in [0.15, 0.2) is 0 Å².